The number of phenols is 1. The van der Waals surface area contributed by atoms with Gasteiger partial charge in [0.05, 0.1) is 11.1 Å². The van der Waals surface area contributed by atoms with Gasteiger partial charge in [0, 0.05) is 5.56 Å². The van der Waals surface area contributed by atoms with E-state index in [1.54, 1.807) is 19.1 Å². The van der Waals surface area contributed by atoms with Crippen LogP contribution in [0.4, 0.5) is 8.78 Å². The summed E-state index contributed by atoms with van der Waals surface area (Å²) in [4.78, 5) is 12.1. The summed E-state index contributed by atoms with van der Waals surface area (Å²) in [6.07, 6.45) is 0. The van der Waals surface area contributed by atoms with Crippen LogP contribution in [0.5, 0.6) is 11.5 Å². The van der Waals surface area contributed by atoms with Gasteiger partial charge >= 0.3 is 6.61 Å². The molecule has 0 aliphatic heterocycles. The fraction of sp³-hybridized carbons (Fsp3) is 0.188. The van der Waals surface area contributed by atoms with Crippen LogP contribution in [-0.4, -0.2) is 17.6 Å². The smallest absolute Gasteiger partial charge is 0.387 e. The second-order valence-electron chi connectivity index (χ2n) is 4.81. The molecule has 1 amide bonds. The first-order valence-corrected chi connectivity index (χ1v) is 7.09. The number of rotatable bonds is 5. The van der Waals surface area contributed by atoms with Gasteiger partial charge in [0.15, 0.2) is 0 Å². The highest BCUT2D eigenvalue weighted by atomic mass is 35.5. The monoisotopic (exact) mass is 341 g/mol. The van der Waals surface area contributed by atoms with E-state index in [0.29, 0.717) is 5.56 Å². The summed E-state index contributed by atoms with van der Waals surface area (Å²) in [5, 5.41) is 12.2. The molecule has 2 rings (SSSR count). The Kier molecular flexibility index (Phi) is 5.39. The molecule has 1 atom stereocenters. The first-order valence-electron chi connectivity index (χ1n) is 6.71. The minimum absolute atomic E-state index is 0.0487. The van der Waals surface area contributed by atoms with Gasteiger partial charge in [-0.2, -0.15) is 8.78 Å². The Morgan fingerprint density at radius 3 is 2.43 bits per heavy atom. The maximum absolute atomic E-state index is 12.1. The minimum Gasteiger partial charge on any atom is -0.506 e. The van der Waals surface area contributed by atoms with Gasteiger partial charge in [0.2, 0.25) is 0 Å². The molecule has 0 radical (unpaired) electrons. The summed E-state index contributed by atoms with van der Waals surface area (Å²) in [5.41, 5.74) is 1.03. The number of benzene rings is 2. The first kappa shape index (κ1) is 17.0. The third-order valence-corrected chi connectivity index (χ3v) is 3.47. The Balaban J connectivity index is 2.04. The topological polar surface area (TPSA) is 58.6 Å². The quantitative estimate of drug-likeness (QED) is 0.859. The molecule has 4 nitrogen and oxygen atoms in total. The molecule has 2 aromatic carbocycles. The molecule has 2 N–H and O–H groups in total. The molecule has 0 heterocycles. The van der Waals surface area contributed by atoms with Gasteiger partial charge in [0.25, 0.3) is 5.91 Å². The van der Waals surface area contributed by atoms with Crippen molar-refractivity contribution >= 4 is 17.5 Å². The predicted octanol–water partition coefficient (Wildman–Crippen LogP) is 4.14. The van der Waals surface area contributed by atoms with Crippen LogP contribution in [0.2, 0.25) is 5.02 Å². The number of aromatic hydroxyl groups is 1. The van der Waals surface area contributed by atoms with E-state index in [2.05, 4.69) is 10.1 Å². The number of carbonyl (C=O) groups excluding carboxylic acids is 1. The van der Waals surface area contributed by atoms with E-state index in [0.717, 1.165) is 5.56 Å². The molecule has 0 aliphatic rings. The first-order chi connectivity index (χ1) is 10.9. The van der Waals surface area contributed by atoms with E-state index in [1.165, 1.54) is 30.3 Å². The second kappa shape index (κ2) is 7.28. The number of amides is 1. The van der Waals surface area contributed by atoms with Crippen molar-refractivity contribution in [1.82, 2.24) is 5.32 Å². The van der Waals surface area contributed by atoms with Gasteiger partial charge < -0.3 is 15.2 Å². The van der Waals surface area contributed by atoms with E-state index < -0.39 is 6.61 Å². The standard InChI is InChI=1S/C16H14ClF2NO3/c1-9(10-2-5-12(6-3-10)23-16(18)19)20-15(22)11-4-7-14(21)13(17)8-11/h2-9,16,21H,1H3,(H,20,22)/t9-/m1/s1. The summed E-state index contributed by atoms with van der Waals surface area (Å²) in [6.45, 7) is -1.12. The largest absolute Gasteiger partial charge is 0.506 e. The van der Waals surface area contributed by atoms with Gasteiger partial charge in [-0.15, -0.1) is 0 Å². The molecule has 0 saturated carbocycles. The van der Waals surface area contributed by atoms with Crippen LogP contribution < -0.4 is 10.1 Å². The lowest BCUT2D eigenvalue weighted by molar-refractivity contribution is -0.0498. The highest BCUT2D eigenvalue weighted by Crippen LogP contribution is 2.24. The van der Waals surface area contributed by atoms with Gasteiger partial charge in [-0.3, -0.25) is 4.79 Å². The average molecular weight is 342 g/mol. The molecule has 0 saturated heterocycles. The van der Waals surface area contributed by atoms with Crippen LogP contribution in [0.1, 0.15) is 28.9 Å². The maximum atomic E-state index is 12.1. The lowest BCUT2D eigenvalue weighted by Gasteiger charge is -2.15. The van der Waals surface area contributed by atoms with Crippen molar-refractivity contribution < 1.29 is 23.4 Å². The number of nitrogens with one attached hydrogen (secondary N) is 1. The van der Waals surface area contributed by atoms with Crippen molar-refractivity contribution in [2.75, 3.05) is 0 Å². The molecule has 2 aromatic rings. The van der Waals surface area contributed by atoms with E-state index in [9.17, 15) is 18.7 Å². The third kappa shape index (κ3) is 4.56. The number of hydrogen-bond acceptors (Lipinski definition) is 3. The molecule has 122 valence electrons. The normalized spacial score (nSPS) is 12.0. The van der Waals surface area contributed by atoms with Crippen LogP contribution >= 0.6 is 11.6 Å². The molecule has 0 aliphatic carbocycles. The van der Waals surface area contributed by atoms with Crippen LogP contribution in [-0.2, 0) is 0 Å². The highest BCUT2D eigenvalue weighted by Gasteiger charge is 2.13. The molecule has 0 aromatic heterocycles. The number of halogens is 3. The van der Waals surface area contributed by atoms with E-state index in [4.69, 9.17) is 11.6 Å². The van der Waals surface area contributed by atoms with Crippen LogP contribution in [0.3, 0.4) is 0 Å². The summed E-state index contributed by atoms with van der Waals surface area (Å²) in [5.74, 6) is -0.425. The summed E-state index contributed by atoms with van der Waals surface area (Å²) in [7, 11) is 0. The maximum Gasteiger partial charge on any atom is 0.387 e. The molecule has 0 spiro atoms. The van der Waals surface area contributed by atoms with Gasteiger partial charge in [0.1, 0.15) is 11.5 Å². The predicted molar refractivity (Wildman–Crippen MR) is 82.1 cm³/mol. The van der Waals surface area contributed by atoms with E-state index in [-0.39, 0.29) is 28.5 Å². The van der Waals surface area contributed by atoms with Crippen molar-refractivity contribution in [3.05, 3.63) is 58.6 Å². The molecular weight excluding hydrogens is 328 g/mol. The van der Waals surface area contributed by atoms with Crippen molar-refractivity contribution in [2.24, 2.45) is 0 Å². The number of alkyl halides is 2. The Hall–Kier alpha value is -2.34. The summed E-state index contributed by atoms with van der Waals surface area (Å²) >= 11 is 5.77. The van der Waals surface area contributed by atoms with Crippen molar-refractivity contribution in [3.63, 3.8) is 0 Å². The molecule has 0 unspecified atom stereocenters. The van der Waals surface area contributed by atoms with Crippen LogP contribution in [0, 0.1) is 0 Å². The lowest BCUT2D eigenvalue weighted by Crippen LogP contribution is -2.26. The fourth-order valence-corrected chi connectivity index (χ4v) is 2.13. The van der Waals surface area contributed by atoms with Gasteiger partial charge in [-0.05, 0) is 42.8 Å². The number of carbonyl (C=O) groups is 1. The van der Waals surface area contributed by atoms with Crippen LogP contribution in [0.25, 0.3) is 0 Å². The van der Waals surface area contributed by atoms with Gasteiger partial charge in [-0.25, -0.2) is 0 Å². The number of hydrogen-bond donors (Lipinski definition) is 2. The van der Waals surface area contributed by atoms with Gasteiger partial charge in [-0.1, -0.05) is 23.7 Å². The Labute approximate surface area is 136 Å². The highest BCUT2D eigenvalue weighted by molar-refractivity contribution is 6.32. The van der Waals surface area contributed by atoms with Crippen molar-refractivity contribution in [2.45, 2.75) is 19.6 Å². The zero-order chi connectivity index (χ0) is 17.0. The summed E-state index contributed by atoms with van der Waals surface area (Å²) < 4.78 is 28.4. The Morgan fingerprint density at radius 1 is 1.22 bits per heavy atom. The van der Waals surface area contributed by atoms with Crippen molar-refractivity contribution in [1.29, 1.82) is 0 Å². The third-order valence-electron chi connectivity index (χ3n) is 3.16. The zero-order valence-corrected chi connectivity index (χ0v) is 12.8. The molecular formula is C16H14ClF2NO3. The molecule has 7 heteroatoms. The SMILES string of the molecule is C[C@@H](NC(=O)c1ccc(O)c(Cl)c1)c1ccc(OC(F)F)cc1. The van der Waals surface area contributed by atoms with Crippen LogP contribution in [0.15, 0.2) is 42.5 Å². The fourth-order valence-electron chi connectivity index (χ4n) is 1.95. The number of phenolic OH excluding ortho intramolecular Hbond substituents is 1. The lowest BCUT2D eigenvalue weighted by atomic mass is 10.1. The molecule has 23 heavy (non-hydrogen) atoms. The zero-order valence-electron chi connectivity index (χ0n) is 12.1. The minimum atomic E-state index is -2.88. The average Bonchev–Trinajstić information content (AvgIpc) is 2.50. The van der Waals surface area contributed by atoms with E-state index in [1.807, 2.05) is 0 Å². The molecule has 0 bridgehead atoms. The van der Waals surface area contributed by atoms with E-state index >= 15 is 0 Å². The number of ether oxygens (including phenoxy) is 1. The van der Waals surface area contributed by atoms with Crippen molar-refractivity contribution in [3.8, 4) is 11.5 Å². The Bertz CT molecular complexity index is 692. The summed E-state index contributed by atoms with van der Waals surface area (Å²) in [6, 6.07) is 9.78. The molecule has 0 fully saturated rings. The Morgan fingerprint density at radius 2 is 1.87 bits per heavy atom. The second-order valence-corrected chi connectivity index (χ2v) is 5.22.